The van der Waals surface area contributed by atoms with Crippen LogP contribution in [0, 0.1) is 0 Å². The number of halogens is 1. The maximum absolute atomic E-state index is 3.82. The van der Waals surface area contributed by atoms with Gasteiger partial charge in [-0.1, -0.05) is 0 Å². The summed E-state index contributed by atoms with van der Waals surface area (Å²) in [5.41, 5.74) is 0. The van der Waals surface area contributed by atoms with Gasteiger partial charge in [0.1, 0.15) is 0 Å². The molecule has 0 fully saturated rings. The Hall–Kier alpha value is -0.390. The normalized spacial score (nSPS) is 12.1. The van der Waals surface area contributed by atoms with Crippen molar-refractivity contribution in [2.24, 2.45) is 0 Å². The van der Waals surface area contributed by atoms with E-state index < -0.39 is 5.96 Å². The molecule has 0 unspecified atom stereocenters. The predicted octanol–water partition coefficient (Wildman–Crippen LogP) is 3.66. The standard InChI is InChI=1S/C10H12BrP/c1-3-12(11,4-2)10-8-6-5-7-9-10/h3-9,12H,1-2H2. The van der Waals surface area contributed by atoms with Gasteiger partial charge in [-0.05, 0) is 0 Å². The van der Waals surface area contributed by atoms with Crippen LogP contribution in [0.4, 0.5) is 0 Å². The van der Waals surface area contributed by atoms with Crippen LogP contribution >= 0.6 is 21.5 Å². The van der Waals surface area contributed by atoms with E-state index in [4.69, 9.17) is 0 Å². The Morgan fingerprint density at radius 2 is 1.58 bits per heavy atom. The van der Waals surface area contributed by atoms with Crippen LogP contribution in [0.3, 0.4) is 0 Å². The molecule has 1 aromatic rings. The van der Waals surface area contributed by atoms with Crippen LogP contribution in [0.5, 0.6) is 0 Å². The molecule has 0 nitrogen and oxygen atoms in total. The molecule has 0 aromatic heterocycles. The third-order valence-corrected chi connectivity index (χ3v) is 7.53. The first-order valence-electron chi connectivity index (χ1n) is 3.74. The minimum atomic E-state index is -1.73. The fraction of sp³-hybridized carbons (Fsp3) is 0. The van der Waals surface area contributed by atoms with Gasteiger partial charge in [0.2, 0.25) is 0 Å². The average Bonchev–Trinajstić information content (AvgIpc) is 2.18. The molecule has 0 aliphatic rings. The van der Waals surface area contributed by atoms with Gasteiger partial charge in [0.25, 0.3) is 0 Å². The first kappa shape index (κ1) is 9.70. The van der Waals surface area contributed by atoms with Crippen LogP contribution in [0.15, 0.2) is 55.1 Å². The summed E-state index contributed by atoms with van der Waals surface area (Å²) < 4.78 is 0. The fourth-order valence-corrected chi connectivity index (χ4v) is 3.15. The average molecular weight is 243 g/mol. The van der Waals surface area contributed by atoms with Crippen molar-refractivity contribution < 1.29 is 0 Å². The summed E-state index contributed by atoms with van der Waals surface area (Å²) in [5, 5.41) is 1.29. The Bertz CT molecular complexity index is 271. The summed E-state index contributed by atoms with van der Waals surface area (Å²) in [5.74, 6) is 2.20. The van der Waals surface area contributed by atoms with Gasteiger partial charge < -0.3 is 0 Å². The van der Waals surface area contributed by atoms with E-state index in [1.807, 2.05) is 29.8 Å². The minimum absolute atomic E-state index is 1.29. The molecule has 1 aromatic carbocycles. The molecular formula is C10H12BrP. The molecule has 0 atom stereocenters. The van der Waals surface area contributed by atoms with Gasteiger partial charge in [-0.15, -0.1) is 0 Å². The van der Waals surface area contributed by atoms with Gasteiger partial charge in [-0.2, -0.15) is 0 Å². The Morgan fingerprint density at radius 3 is 2.00 bits per heavy atom. The van der Waals surface area contributed by atoms with E-state index in [0.717, 1.165) is 0 Å². The maximum atomic E-state index is 3.82. The molecule has 0 spiro atoms. The second kappa shape index (κ2) is 4.02. The van der Waals surface area contributed by atoms with Crippen molar-refractivity contribution in [1.29, 1.82) is 0 Å². The first-order valence-corrected chi connectivity index (χ1v) is 8.16. The van der Waals surface area contributed by atoms with Crippen LogP contribution in [-0.4, -0.2) is 0 Å². The molecule has 12 heavy (non-hydrogen) atoms. The molecule has 1 rings (SSSR count). The van der Waals surface area contributed by atoms with Crippen molar-refractivity contribution in [3.63, 3.8) is 0 Å². The molecule has 2 heteroatoms. The Kier molecular flexibility index (Phi) is 3.25. The molecule has 0 radical (unpaired) electrons. The van der Waals surface area contributed by atoms with Gasteiger partial charge in [0, 0.05) is 0 Å². The number of hydrogen-bond donors (Lipinski definition) is 0. The van der Waals surface area contributed by atoms with Crippen LogP contribution < -0.4 is 5.30 Å². The van der Waals surface area contributed by atoms with E-state index in [-0.39, 0.29) is 0 Å². The zero-order valence-electron chi connectivity index (χ0n) is 6.83. The van der Waals surface area contributed by atoms with E-state index in [1.165, 1.54) is 5.30 Å². The third kappa shape index (κ3) is 1.85. The number of rotatable bonds is 3. The molecule has 0 aliphatic carbocycles. The molecule has 0 bridgehead atoms. The van der Waals surface area contributed by atoms with Crippen molar-refractivity contribution >= 4 is 26.8 Å². The van der Waals surface area contributed by atoms with E-state index in [1.54, 1.807) is 0 Å². The zero-order chi connectivity index (χ0) is 9.03. The molecule has 0 heterocycles. The van der Waals surface area contributed by atoms with Crippen molar-refractivity contribution in [2.75, 3.05) is 0 Å². The molecule has 0 saturated carbocycles. The Labute approximate surface area is 82.1 Å². The van der Waals surface area contributed by atoms with E-state index >= 15 is 0 Å². The SMILES string of the molecule is C=C[PH](Br)(C=C)c1ccccc1. The van der Waals surface area contributed by atoms with E-state index in [0.29, 0.717) is 0 Å². The van der Waals surface area contributed by atoms with Gasteiger partial charge in [0.15, 0.2) is 0 Å². The second-order valence-electron chi connectivity index (χ2n) is 2.54. The second-order valence-corrected chi connectivity index (χ2v) is 9.41. The summed E-state index contributed by atoms with van der Waals surface area (Å²) >= 11 is 3.69. The number of hydrogen-bond acceptors (Lipinski definition) is 0. The van der Waals surface area contributed by atoms with E-state index in [9.17, 15) is 0 Å². The first-order chi connectivity index (χ1) is 5.73. The molecular weight excluding hydrogens is 231 g/mol. The van der Waals surface area contributed by atoms with Crippen LogP contribution in [0.1, 0.15) is 0 Å². The van der Waals surface area contributed by atoms with Crippen molar-refractivity contribution in [1.82, 2.24) is 0 Å². The summed E-state index contributed by atoms with van der Waals surface area (Å²) in [6, 6.07) is 10.3. The quantitative estimate of drug-likeness (QED) is 0.710. The Balaban J connectivity index is 3.11. The van der Waals surface area contributed by atoms with Gasteiger partial charge in [-0.3, -0.25) is 0 Å². The van der Waals surface area contributed by atoms with Crippen molar-refractivity contribution in [2.45, 2.75) is 0 Å². The molecule has 0 saturated heterocycles. The van der Waals surface area contributed by atoms with E-state index in [2.05, 4.69) is 40.8 Å². The van der Waals surface area contributed by atoms with Crippen LogP contribution in [0.25, 0.3) is 0 Å². The topological polar surface area (TPSA) is 0 Å². The predicted molar refractivity (Wildman–Crippen MR) is 63.7 cm³/mol. The summed E-state index contributed by atoms with van der Waals surface area (Å²) in [6.07, 6.45) is 0. The number of benzene rings is 1. The molecule has 0 amide bonds. The molecule has 0 N–H and O–H groups in total. The van der Waals surface area contributed by atoms with Gasteiger partial charge >= 0.3 is 81.9 Å². The molecule has 0 aliphatic heterocycles. The molecule has 64 valence electrons. The summed E-state index contributed by atoms with van der Waals surface area (Å²) in [7, 11) is 0. The fourth-order valence-electron chi connectivity index (χ4n) is 1.01. The zero-order valence-corrected chi connectivity index (χ0v) is 9.42. The van der Waals surface area contributed by atoms with Crippen molar-refractivity contribution in [3.05, 3.63) is 55.1 Å². The summed E-state index contributed by atoms with van der Waals surface area (Å²) in [4.78, 5) is 0. The van der Waals surface area contributed by atoms with Gasteiger partial charge in [0.05, 0.1) is 0 Å². The van der Waals surface area contributed by atoms with Crippen LogP contribution in [0.2, 0.25) is 0 Å². The van der Waals surface area contributed by atoms with Gasteiger partial charge in [-0.25, -0.2) is 0 Å². The van der Waals surface area contributed by atoms with Crippen LogP contribution in [-0.2, 0) is 0 Å². The Morgan fingerprint density at radius 1 is 1.08 bits per heavy atom. The summed E-state index contributed by atoms with van der Waals surface area (Å²) in [6.45, 7) is 7.65. The van der Waals surface area contributed by atoms with Crippen molar-refractivity contribution in [3.8, 4) is 0 Å². The monoisotopic (exact) mass is 242 g/mol. The third-order valence-electron chi connectivity index (χ3n) is 1.81.